The molecule has 1 heterocycles. The Bertz CT molecular complexity index is 488. The van der Waals surface area contributed by atoms with Gasteiger partial charge in [-0.05, 0) is 19.5 Å². The van der Waals surface area contributed by atoms with Crippen molar-refractivity contribution in [3.8, 4) is 0 Å². The highest BCUT2D eigenvalue weighted by molar-refractivity contribution is 5.80. The predicted octanol–water partition coefficient (Wildman–Crippen LogP) is -1.86. The molecule has 0 saturated heterocycles. The van der Waals surface area contributed by atoms with Gasteiger partial charge in [0.15, 0.2) is 0 Å². The number of likely N-dealkylation sites (N-methyl/N-ethyl adjacent to an activating group) is 2. The molecule has 6 N–H and O–H groups in total. The molecule has 2 unspecified atom stereocenters. The van der Waals surface area contributed by atoms with Crippen molar-refractivity contribution in [3.05, 3.63) is 11.9 Å². The number of amides is 2. The third-order valence-corrected chi connectivity index (χ3v) is 3.23. The Balaban J connectivity index is 2.56. The molecule has 2 atom stereocenters. The van der Waals surface area contributed by atoms with Gasteiger partial charge in [-0.25, -0.2) is 0 Å². The van der Waals surface area contributed by atoms with Crippen LogP contribution in [-0.4, -0.2) is 52.0 Å². The first-order chi connectivity index (χ1) is 10.5. The van der Waals surface area contributed by atoms with Gasteiger partial charge in [0.1, 0.15) is 0 Å². The zero-order valence-corrected chi connectivity index (χ0v) is 13.1. The quantitative estimate of drug-likeness (QED) is 0.377. The summed E-state index contributed by atoms with van der Waals surface area (Å²) < 4.78 is 1.63. The summed E-state index contributed by atoms with van der Waals surface area (Å²) in [6.45, 7) is 5.63. The summed E-state index contributed by atoms with van der Waals surface area (Å²) in [5, 5.41) is 14.0. The maximum atomic E-state index is 11.3. The van der Waals surface area contributed by atoms with E-state index in [9.17, 15) is 9.59 Å². The van der Waals surface area contributed by atoms with Crippen LogP contribution >= 0.6 is 0 Å². The molecular formula is C13H25N7O2. The highest BCUT2D eigenvalue weighted by atomic mass is 16.1. The first-order valence-corrected chi connectivity index (χ1v) is 7.42. The van der Waals surface area contributed by atoms with Crippen LogP contribution in [0.3, 0.4) is 0 Å². The van der Waals surface area contributed by atoms with Crippen molar-refractivity contribution >= 4 is 11.8 Å². The van der Waals surface area contributed by atoms with Gasteiger partial charge in [-0.15, -0.1) is 5.10 Å². The maximum Gasteiger partial charge on any atom is 0.234 e. The molecule has 0 bridgehead atoms. The van der Waals surface area contributed by atoms with E-state index in [4.69, 9.17) is 11.5 Å². The molecule has 0 saturated carbocycles. The second-order valence-corrected chi connectivity index (χ2v) is 4.99. The Hall–Kier alpha value is -2.00. The SMILES string of the molecule is CCNC(CCn1cc(CC(NCC)C(N)=O)nn1)C(N)=O. The summed E-state index contributed by atoms with van der Waals surface area (Å²) in [5.74, 6) is -0.805. The molecule has 124 valence electrons. The van der Waals surface area contributed by atoms with Crippen molar-refractivity contribution in [1.82, 2.24) is 25.6 Å². The molecule has 0 radical (unpaired) electrons. The van der Waals surface area contributed by atoms with E-state index in [-0.39, 0.29) is 5.91 Å². The molecule has 9 nitrogen and oxygen atoms in total. The summed E-state index contributed by atoms with van der Waals surface area (Å²) in [4.78, 5) is 22.6. The van der Waals surface area contributed by atoms with Gasteiger partial charge in [0.25, 0.3) is 0 Å². The molecular weight excluding hydrogens is 286 g/mol. The lowest BCUT2D eigenvalue weighted by Crippen LogP contribution is -2.42. The smallest absolute Gasteiger partial charge is 0.234 e. The minimum Gasteiger partial charge on any atom is -0.368 e. The fourth-order valence-electron chi connectivity index (χ4n) is 2.12. The Morgan fingerprint density at radius 3 is 2.32 bits per heavy atom. The number of hydrogen-bond donors (Lipinski definition) is 4. The maximum absolute atomic E-state index is 11.3. The second kappa shape index (κ2) is 9.11. The minimum atomic E-state index is -0.463. The largest absolute Gasteiger partial charge is 0.368 e. The minimum absolute atomic E-state index is 0.385. The van der Waals surface area contributed by atoms with Crippen LogP contribution in [0.1, 0.15) is 26.0 Å². The Morgan fingerprint density at radius 1 is 1.18 bits per heavy atom. The predicted molar refractivity (Wildman–Crippen MR) is 81.7 cm³/mol. The highest BCUT2D eigenvalue weighted by Crippen LogP contribution is 2.01. The number of hydrogen-bond acceptors (Lipinski definition) is 6. The molecule has 0 aliphatic heterocycles. The summed E-state index contributed by atoms with van der Waals surface area (Å²) >= 11 is 0. The average molecular weight is 311 g/mol. The third-order valence-electron chi connectivity index (χ3n) is 3.23. The number of aryl methyl sites for hydroxylation is 1. The van der Waals surface area contributed by atoms with E-state index in [1.807, 2.05) is 13.8 Å². The monoisotopic (exact) mass is 311 g/mol. The molecule has 0 aromatic carbocycles. The number of nitrogens with zero attached hydrogens (tertiary/aromatic N) is 3. The lowest BCUT2D eigenvalue weighted by molar-refractivity contribution is -0.120. The molecule has 0 aliphatic rings. The third kappa shape index (κ3) is 5.78. The Kier molecular flexibility index (Phi) is 7.47. The van der Waals surface area contributed by atoms with Crippen LogP contribution in [0.25, 0.3) is 0 Å². The number of carbonyl (C=O) groups excluding carboxylic acids is 2. The van der Waals surface area contributed by atoms with E-state index in [1.165, 1.54) is 0 Å². The standard InChI is InChI=1S/C13H25N7O2/c1-3-16-10(12(14)21)5-6-20-8-9(18-19-20)7-11(13(15)22)17-4-2/h8,10-11,16-17H,3-7H2,1-2H3,(H2,14,21)(H2,15,22). The van der Waals surface area contributed by atoms with Crippen molar-refractivity contribution in [2.75, 3.05) is 13.1 Å². The van der Waals surface area contributed by atoms with Crippen molar-refractivity contribution in [3.63, 3.8) is 0 Å². The number of rotatable bonds is 11. The zero-order valence-electron chi connectivity index (χ0n) is 13.1. The number of nitrogens with one attached hydrogen (secondary N) is 2. The normalized spacial score (nSPS) is 13.7. The van der Waals surface area contributed by atoms with Crippen molar-refractivity contribution in [2.24, 2.45) is 11.5 Å². The lowest BCUT2D eigenvalue weighted by atomic mass is 10.1. The molecule has 22 heavy (non-hydrogen) atoms. The first kappa shape index (κ1) is 18.1. The van der Waals surface area contributed by atoms with Crippen molar-refractivity contribution in [2.45, 2.75) is 45.3 Å². The topological polar surface area (TPSA) is 141 Å². The van der Waals surface area contributed by atoms with Crippen LogP contribution in [0.2, 0.25) is 0 Å². The van der Waals surface area contributed by atoms with E-state index in [0.717, 1.165) is 0 Å². The number of primary amides is 2. The van der Waals surface area contributed by atoms with Crippen LogP contribution in [-0.2, 0) is 22.6 Å². The van der Waals surface area contributed by atoms with Gasteiger partial charge in [0.05, 0.1) is 17.8 Å². The van der Waals surface area contributed by atoms with Crippen molar-refractivity contribution < 1.29 is 9.59 Å². The molecule has 1 aromatic rings. The second-order valence-electron chi connectivity index (χ2n) is 4.99. The van der Waals surface area contributed by atoms with Gasteiger partial charge in [0, 0.05) is 19.2 Å². The van der Waals surface area contributed by atoms with E-state index in [1.54, 1.807) is 10.9 Å². The van der Waals surface area contributed by atoms with Gasteiger partial charge >= 0.3 is 0 Å². The number of nitrogens with two attached hydrogens (primary N) is 2. The van der Waals surface area contributed by atoms with Crippen LogP contribution in [0.4, 0.5) is 0 Å². The van der Waals surface area contributed by atoms with E-state index in [0.29, 0.717) is 38.2 Å². The molecule has 9 heteroatoms. The van der Waals surface area contributed by atoms with Crippen molar-refractivity contribution in [1.29, 1.82) is 0 Å². The number of aromatic nitrogens is 3. The molecule has 2 amide bonds. The number of carbonyl (C=O) groups is 2. The molecule has 1 aromatic heterocycles. The fourth-order valence-corrected chi connectivity index (χ4v) is 2.12. The van der Waals surface area contributed by atoms with Crippen LogP contribution < -0.4 is 22.1 Å². The van der Waals surface area contributed by atoms with E-state index >= 15 is 0 Å². The molecule has 0 spiro atoms. The Morgan fingerprint density at radius 2 is 1.77 bits per heavy atom. The van der Waals surface area contributed by atoms with Crippen LogP contribution in [0, 0.1) is 0 Å². The fraction of sp³-hybridized carbons (Fsp3) is 0.692. The van der Waals surface area contributed by atoms with Crippen LogP contribution in [0.15, 0.2) is 6.20 Å². The van der Waals surface area contributed by atoms with Gasteiger partial charge in [0.2, 0.25) is 11.8 Å². The van der Waals surface area contributed by atoms with E-state index in [2.05, 4.69) is 20.9 Å². The van der Waals surface area contributed by atoms with Gasteiger partial charge in [-0.1, -0.05) is 19.1 Å². The molecule has 1 rings (SSSR count). The summed E-state index contributed by atoms with van der Waals surface area (Å²) in [7, 11) is 0. The lowest BCUT2D eigenvalue weighted by Gasteiger charge is -2.13. The Labute approximate surface area is 129 Å². The van der Waals surface area contributed by atoms with Gasteiger partial charge in [-0.3, -0.25) is 14.3 Å². The summed E-state index contributed by atoms with van der Waals surface area (Å²) in [6.07, 6.45) is 2.66. The van der Waals surface area contributed by atoms with E-state index < -0.39 is 18.0 Å². The summed E-state index contributed by atoms with van der Waals surface area (Å²) in [5.41, 5.74) is 11.3. The summed E-state index contributed by atoms with van der Waals surface area (Å²) in [6, 6.07) is -0.854. The molecule has 0 fully saturated rings. The van der Waals surface area contributed by atoms with Gasteiger partial charge in [-0.2, -0.15) is 0 Å². The van der Waals surface area contributed by atoms with Crippen LogP contribution in [0.5, 0.6) is 0 Å². The highest BCUT2D eigenvalue weighted by Gasteiger charge is 2.17. The zero-order chi connectivity index (χ0) is 16.5. The molecule has 0 aliphatic carbocycles. The average Bonchev–Trinajstić information content (AvgIpc) is 2.90. The van der Waals surface area contributed by atoms with Gasteiger partial charge < -0.3 is 22.1 Å². The first-order valence-electron chi connectivity index (χ1n) is 7.42.